The van der Waals surface area contributed by atoms with Crippen LogP contribution in [0.1, 0.15) is 67.9 Å². The first-order valence-electron chi connectivity index (χ1n) is 18.7. The van der Waals surface area contributed by atoms with Gasteiger partial charge in [-0.05, 0) is 57.2 Å². The summed E-state index contributed by atoms with van der Waals surface area (Å²) in [5, 5.41) is 46.3. The molecule has 60 heavy (non-hydrogen) atoms. The summed E-state index contributed by atoms with van der Waals surface area (Å²) in [5.74, 6) is -5.85. The second kappa shape index (κ2) is 24.1. The number of carboxylic acid groups (broad SMARTS) is 4. The Labute approximate surface area is 344 Å². The van der Waals surface area contributed by atoms with Gasteiger partial charge in [0.25, 0.3) is 5.91 Å². The normalized spacial score (nSPS) is 13.2. The maximum absolute atomic E-state index is 12.9. The molecule has 5 rings (SSSR count). The summed E-state index contributed by atoms with van der Waals surface area (Å²) in [5.41, 5.74) is 1.50. The largest absolute Gasteiger partial charge is 0.478 e. The molecule has 1 fully saturated rings. The SMILES string of the molecule is CCOC(=O)C(C)(C)NC(=O)c1nnc2ccc(OCCCN3CCC(OC(c4ccccc4)c4ccccc4)CC3)nn12.O=C(O)/C=C/C(=O)O.O=C(O)/C=C/C(=O)O. The van der Waals surface area contributed by atoms with Crippen molar-refractivity contribution in [1.82, 2.24) is 30.0 Å². The highest BCUT2D eigenvalue weighted by molar-refractivity contribution is 5.95. The van der Waals surface area contributed by atoms with Crippen molar-refractivity contribution in [2.24, 2.45) is 0 Å². The van der Waals surface area contributed by atoms with Gasteiger partial charge in [-0.15, -0.1) is 15.3 Å². The van der Waals surface area contributed by atoms with Gasteiger partial charge in [-0.1, -0.05) is 60.7 Å². The van der Waals surface area contributed by atoms with Crippen LogP contribution in [0.25, 0.3) is 5.65 Å². The number of aliphatic carboxylic acids is 4. The van der Waals surface area contributed by atoms with Crippen molar-refractivity contribution in [3.63, 3.8) is 0 Å². The highest BCUT2D eigenvalue weighted by Crippen LogP contribution is 2.30. The van der Waals surface area contributed by atoms with Crippen LogP contribution in [0.4, 0.5) is 0 Å². The number of hydrogen-bond donors (Lipinski definition) is 5. The molecule has 0 bridgehead atoms. The van der Waals surface area contributed by atoms with Crippen LogP contribution >= 0.6 is 0 Å². The monoisotopic (exact) mass is 832 g/mol. The quantitative estimate of drug-likeness (QED) is 0.0577. The number of esters is 1. The number of piperidine rings is 1. The Morgan fingerprint density at radius 1 is 0.783 bits per heavy atom. The van der Waals surface area contributed by atoms with E-state index in [0.717, 1.165) is 38.9 Å². The maximum atomic E-state index is 12.9. The zero-order valence-electron chi connectivity index (χ0n) is 33.2. The van der Waals surface area contributed by atoms with Gasteiger partial charge in [-0.2, -0.15) is 4.52 Å². The van der Waals surface area contributed by atoms with Crippen molar-refractivity contribution in [1.29, 1.82) is 0 Å². The molecule has 2 aromatic heterocycles. The van der Waals surface area contributed by atoms with Crippen molar-refractivity contribution < 1.29 is 63.4 Å². The van der Waals surface area contributed by atoms with Gasteiger partial charge in [0.05, 0.1) is 19.3 Å². The van der Waals surface area contributed by atoms with Gasteiger partial charge < -0.3 is 44.9 Å². The number of fused-ring (bicyclic) bond motifs is 1. The molecule has 0 aliphatic carbocycles. The highest BCUT2D eigenvalue weighted by atomic mass is 16.5. The Hall–Kier alpha value is -6.99. The molecule has 0 radical (unpaired) electrons. The molecule has 0 saturated carbocycles. The van der Waals surface area contributed by atoms with E-state index in [-0.39, 0.29) is 24.6 Å². The van der Waals surface area contributed by atoms with Gasteiger partial charge in [-0.25, -0.2) is 24.0 Å². The Kier molecular flexibility index (Phi) is 19.0. The summed E-state index contributed by atoms with van der Waals surface area (Å²) in [6.07, 6.45) is 5.12. The number of likely N-dealkylation sites (tertiary alicyclic amines) is 1. The molecular weight excluding hydrogens is 784 g/mol. The van der Waals surface area contributed by atoms with Crippen LogP contribution in [0, 0.1) is 0 Å². The minimum absolute atomic E-state index is 0.0466. The summed E-state index contributed by atoms with van der Waals surface area (Å²) in [4.78, 5) is 65.7. The van der Waals surface area contributed by atoms with Crippen molar-refractivity contribution in [2.75, 3.05) is 32.8 Å². The van der Waals surface area contributed by atoms with E-state index in [0.29, 0.717) is 42.4 Å². The van der Waals surface area contributed by atoms with Crippen LogP contribution in [-0.2, 0) is 33.4 Å². The van der Waals surface area contributed by atoms with Gasteiger partial charge in [0.1, 0.15) is 11.6 Å². The minimum Gasteiger partial charge on any atom is -0.478 e. The van der Waals surface area contributed by atoms with Crippen molar-refractivity contribution >= 4 is 41.4 Å². The molecule has 320 valence electrons. The van der Waals surface area contributed by atoms with Gasteiger partial charge >= 0.3 is 29.8 Å². The number of aromatic nitrogens is 4. The number of amides is 1. The third kappa shape index (κ3) is 16.5. The lowest BCUT2D eigenvalue weighted by atomic mass is 10.00. The molecule has 2 aromatic carbocycles. The van der Waals surface area contributed by atoms with Crippen LogP contribution in [0.5, 0.6) is 5.88 Å². The highest BCUT2D eigenvalue weighted by Gasteiger charge is 2.33. The average molecular weight is 833 g/mol. The van der Waals surface area contributed by atoms with E-state index in [1.165, 1.54) is 15.6 Å². The first-order valence-corrected chi connectivity index (χ1v) is 18.7. The van der Waals surface area contributed by atoms with Gasteiger partial charge in [0.15, 0.2) is 5.65 Å². The van der Waals surface area contributed by atoms with E-state index in [4.69, 9.17) is 34.6 Å². The van der Waals surface area contributed by atoms with Gasteiger partial charge in [-0.3, -0.25) is 4.79 Å². The number of carbonyl (C=O) groups is 6. The lowest BCUT2D eigenvalue weighted by Crippen LogP contribution is -2.51. The molecule has 4 aromatic rings. The van der Waals surface area contributed by atoms with E-state index in [2.05, 4.69) is 74.0 Å². The molecule has 1 amide bonds. The number of hydrogen-bond acceptors (Lipinski definition) is 13. The number of carbonyl (C=O) groups excluding carboxylic acids is 2. The summed E-state index contributed by atoms with van der Waals surface area (Å²) >= 11 is 0. The van der Waals surface area contributed by atoms with Crippen LogP contribution in [0.15, 0.2) is 97.1 Å². The van der Waals surface area contributed by atoms with E-state index in [1.807, 2.05) is 12.1 Å². The fourth-order valence-electron chi connectivity index (χ4n) is 5.51. The number of carboxylic acids is 4. The molecular formula is C41H48N6O13. The molecule has 19 nitrogen and oxygen atoms in total. The third-order valence-corrected chi connectivity index (χ3v) is 8.33. The number of nitrogens with zero attached hydrogens (tertiary/aromatic N) is 5. The molecule has 1 aliphatic heterocycles. The summed E-state index contributed by atoms with van der Waals surface area (Å²) in [7, 11) is 0. The number of benzene rings is 2. The zero-order valence-corrected chi connectivity index (χ0v) is 33.2. The van der Waals surface area contributed by atoms with Crippen LogP contribution < -0.4 is 10.1 Å². The number of ether oxygens (including phenoxy) is 3. The van der Waals surface area contributed by atoms with E-state index >= 15 is 0 Å². The van der Waals surface area contributed by atoms with Crippen molar-refractivity contribution in [3.05, 3.63) is 114 Å². The van der Waals surface area contributed by atoms with Crippen LogP contribution in [0.3, 0.4) is 0 Å². The molecule has 3 heterocycles. The summed E-state index contributed by atoms with van der Waals surface area (Å²) < 4.78 is 18.9. The number of nitrogens with one attached hydrogen (secondary N) is 1. The second-order valence-corrected chi connectivity index (χ2v) is 13.4. The fraction of sp³-hybridized carbons (Fsp3) is 0.341. The van der Waals surface area contributed by atoms with Crippen molar-refractivity contribution in [3.8, 4) is 5.88 Å². The first-order chi connectivity index (χ1) is 28.6. The lowest BCUT2D eigenvalue weighted by Gasteiger charge is -2.34. The van der Waals surface area contributed by atoms with E-state index in [9.17, 15) is 28.8 Å². The number of rotatable bonds is 17. The fourth-order valence-corrected chi connectivity index (χ4v) is 5.51. The Morgan fingerprint density at radius 3 is 1.78 bits per heavy atom. The Morgan fingerprint density at radius 2 is 1.30 bits per heavy atom. The van der Waals surface area contributed by atoms with E-state index in [1.54, 1.807) is 32.9 Å². The lowest BCUT2D eigenvalue weighted by molar-refractivity contribution is -0.149. The third-order valence-electron chi connectivity index (χ3n) is 8.33. The summed E-state index contributed by atoms with van der Waals surface area (Å²) in [6.45, 7) is 8.35. The average Bonchev–Trinajstić information content (AvgIpc) is 3.65. The minimum atomic E-state index is -1.26. The van der Waals surface area contributed by atoms with Crippen molar-refractivity contribution in [2.45, 2.75) is 57.8 Å². The molecule has 5 N–H and O–H groups in total. The second-order valence-electron chi connectivity index (χ2n) is 13.4. The maximum Gasteiger partial charge on any atom is 0.331 e. The summed E-state index contributed by atoms with van der Waals surface area (Å²) in [6, 6.07) is 24.2. The first kappa shape index (κ1) is 47.4. The topological polar surface area (TPSA) is 269 Å². The van der Waals surface area contributed by atoms with Crippen LogP contribution in [-0.4, -0.2) is 125 Å². The molecule has 0 spiro atoms. The molecule has 1 saturated heterocycles. The molecule has 0 unspecified atom stereocenters. The smallest absolute Gasteiger partial charge is 0.331 e. The standard InChI is InChI=1S/C33H40N6O5.2C4H4O4/c1-4-42-32(41)33(2,3)34-31(40)30-36-35-27-16-17-28(37-39(27)30)43-23-11-20-38-21-18-26(19-22-38)44-29(24-12-7-5-8-13-24)25-14-9-6-10-15-25;2*5-3(6)1-2-4(7)8/h5-10,12-17,26,29H,4,11,18-23H2,1-3H3,(H,34,40);2*1-2H,(H,5,6)(H,7,8)/b;2*2-1+. The molecule has 19 heteroatoms. The predicted octanol–water partition coefficient (Wildman–Crippen LogP) is 3.66. The van der Waals surface area contributed by atoms with Crippen LogP contribution in [0.2, 0.25) is 0 Å². The van der Waals surface area contributed by atoms with Gasteiger partial charge in [0.2, 0.25) is 11.7 Å². The Balaban J connectivity index is 0.000000507. The Bertz CT molecular complexity index is 1990. The molecule has 1 aliphatic rings. The predicted molar refractivity (Wildman–Crippen MR) is 213 cm³/mol. The molecule has 0 atom stereocenters. The van der Waals surface area contributed by atoms with E-state index < -0.39 is 41.3 Å². The zero-order chi connectivity index (χ0) is 44.1. The van der Waals surface area contributed by atoms with Gasteiger partial charge in [0, 0.05) is 50.0 Å².